The van der Waals surface area contributed by atoms with E-state index in [1.54, 1.807) is 6.33 Å². The van der Waals surface area contributed by atoms with Crippen molar-refractivity contribution >= 4 is 5.96 Å². The molecule has 5 nitrogen and oxygen atoms in total. The zero-order valence-electron chi connectivity index (χ0n) is 9.53. The summed E-state index contributed by atoms with van der Waals surface area (Å²) in [6.45, 7) is 4.95. The minimum atomic E-state index is 0.193. The molecule has 0 spiro atoms. The van der Waals surface area contributed by atoms with Crippen molar-refractivity contribution in [2.24, 2.45) is 16.5 Å². The maximum absolute atomic E-state index is 5.06. The van der Waals surface area contributed by atoms with E-state index in [2.05, 4.69) is 28.8 Å². The number of guanidine groups is 1. The van der Waals surface area contributed by atoms with E-state index in [0.29, 0.717) is 0 Å². The molecule has 86 valence electrons. The van der Waals surface area contributed by atoms with Crippen LogP contribution >= 0.6 is 0 Å². The average molecular weight is 211 g/mol. The van der Waals surface area contributed by atoms with Crippen molar-refractivity contribution in [3.63, 3.8) is 0 Å². The van der Waals surface area contributed by atoms with Crippen molar-refractivity contribution in [1.82, 2.24) is 9.97 Å². The van der Waals surface area contributed by atoms with Crippen LogP contribution in [0.3, 0.4) is 0 Å². The van der Waals surface area contributed by atoms with E-state index in [9.17, 15) is 0 Å². The quantitative estimate of drug-likeness (QED) is 0.394. The number of imidazole rings is 1. The van der Waals surface area contributed by atoms with Gasteiger partial charge in [-0.2, -0.15) is 0 Å². The van der Waals surface area contributed by atoms with E-state index in [1.807, 2.05) is 6.20 Å². The van der Waals surface area contributed by atoms with E-state index >= 15 is 0 Å². The molecular formula is C10H21N5. The average Bonchev–Trinajstić information content (AvgIpc) is 2.71. The molecule has 0 aliphatic carbocycles. The molecule has 0 atom stereocenters. The summed E-state index contributed by atoms with van der Waals surface area (Å²) >= 11 is 0. The number of H-pyrrole nitrogens is 1. The number of nitrogens with zero attached hydrogens (tertiary/aromatic N) is 2. The number of aliphatic imine (C=N–C) groups is 1. The summed E-state index contributed by atoms with van der Waals surface area (Å²) in [5.74, 6) is 0.193. The van der Waals surface area contributed by atoms with Gasteiger partial charge in [0.25, 0.3) is 0 Å². The number of nitrogens with two attached hydrogens (primary N) is 2. The summed E-state index contributed by atoms with van der Waals surface area (Å²) in [7, 11) is 0. The zero-order valence-corrected chi connectivity index (χ0v) is 9.53. The second kappa shape index (κ2) is 9.05. The summed E-state index contributed by atoms with van der Waals surface area (Å²) in [4.78, 5) is 10.6. The van der Waals surface area contributed by atoms with Gasteiger partial charge in [0, 0.05) is 18.4 Å². The lowest BCUT2D eigenvalue weighted by Gasteiger charge is -1.89. The lowest BCUT2D eigenvalue weighted by Crippen LogP contribution is -2.22. The standard InChI is InChI=1S/C5H13N3.C5H8N2/c1-2-3-4-8-5(6)7;1-2-5-3-6-4-7-5/h2-4H2,1H3,(H4,6,7,8);3-4H,2H2,1H3,(H,6,7). The van der Waals surface area contributed by atoms with Crippen molar-refractivity contribution in [2.45, 2.75) is 33.1 Å². The molecule has 0 radical (unpaired) electrons. The summed E-state index contributed by atoms with van der Waals surface area (Å²) in [6, 6.07) is 0. The highest BCUT2D eigenvalue weighted by Gasteiger charge is 1.82. The van der Waals surface area contributed by atoms with E-state index in [0.717, 1.165) is 25.8 Å². The van der Waals surface area contributed by atoms with Crippen molar-refractivity contribution in [2.75, 3.05) is 6.54 Å². The predicted octanol–water partition coefficient (Wildman–Crippen LogP) is 1.03. The van der Waals surface area contributed by atoms with Crippen LogP contribution < -0.4 is 11.5 Å². The molecule has 1 aromatic heterocycles. The molecule has 0 aliphatic rings. The molecule has 0 bridgehead atoms. The Labute approximate surface area is 91.0 Å². The fraction of sp³-hybridized carbons (Fsp3) is 0.600. The number of unbranched alkanes of at least 4 members (excludes halogenated alkanes) is 1. The van der Waals surface area contributed by atoms with Crippen molar-refractivity contribution in [3.8, 4) is 0 Å². The van der Waals surface area contributed by atoms with Gasteiger partial charge in [-0.25, -0.2) is 4.98 Å². The van der Waals surface area contributed by atoms with Crippen LogP contribution in [0.2, 0.25) is 0 Å². The van der Waals surface area contributed by atoms with Crippen molar-refractivity contribution in [3.05, 3.63) is 18.2 Å². The van der Waals surface area contributed by atoms with Crippen LogP contribution in [0.25, 0.3) is 0 Å². The molecule has 0 unspecified atom stereocenters. The van der Waals surface area contributed by atoms with E-state index in [4.69, 9.17) is 11.5 Å². The van der Waals surface area contributed by atoms with Crippen LogP contribution in [0.4, 0.5) is 0 Å². The topological polar surface area (TPSA) is 93.1 Å². The lowest BCUT2D eigenvalue weighted by molar-refractivity contribution is 0.806. The van der Waals surface area contributed by atoms with Gasteiger partial charge in [0.2, 0.25) is 0 Å². The Morgan fingerprint density at radius 1 is 1.47 bits per heavy atom. The van der Waals surface area contributed by atoms with E-state index < -0.39 is 0 Å². The van der Waals surface area contributed by atoms with Gasteiger partial charge in [0.15, 0.2) is 5.96 Å². The van der Waals surface area contributed by atoms with Crippen LogP contribution in [0.1, 0.15) is 32.4 Å². The first-order valence-electron chi connectivity index (χ1n) is 5.23. The third-order valence-electron chi connectivity index (χ3n) is 1.74. The second-order valence-corrected chi connectivity index (χ2v) is 3.09. The Balaban J connectivity index is 0.000000262. The Morgan fingerprint density at radius 3 is 2.53 bits per heavy atom. The molecule has 1 aromatic rings. The van der Waals surface area contributed by atoms with Crippen LogP contribution in [-0.4, -0.2) is 22.5 Å². The summed E-state index contributed by atoms with van der Waals surface area (Å²) in [5, 5.41) is 0. The summed E-state index contributed by atoms with van der Waals surface area (Å²) < 4.78 is 0. The Kier molecular flexibility index (Phi) is 8.13. The van der Waals surface area contributed by atoms with Crippen LogP contribution in [0, 0.1) is 0 Å². The van der Waals surface area contributed by atoms with Gasteiger partial charge in [-0.3, -0.25) is 4.99 Å². The van der Waals surface area contributed by atoms with E-state index in [-0.39, 0.29) is 5.96 Å². The summed E-state index contributed by atoms with van der Waals surface area (Å²) in [6.07, 6.45) is 6.77. The van der Waals surface area contributed by atoms with Crippen LogP contribution in [0.15, 0.2) is 17.5 Å². The number of aromatic nitrogens is 2. The molecule has 0 fully saturated rings. The molecule has 0 aromatic carbocycles. The first-order valence-corrected chi connectivity index (χ1v) is 5.23. The van der Waals surface area contributed by atoms with Crippen LogP contribution in [-0.2, 0) is 6.42 Å². The van der Waals surface area contributed by atoms with Crippen LogP contribution in [0.5, 0.6) is 0 Å². The highest BCUT2D eigenvalue weighted by molar-refractivity contribution is 5.75. The van der Waals surface area contributed by atoms with Gasteiger partial charge in [-0.15, -0.1) is 0 Å². The molecule has 0 amide bonds. The number of hydrogen-bond acceptors (Lipinski definition) is 2. The maximum Gasteiger partial charge on any atom is 0.185 e. The molecule has 5 N–H and O–H groups in total. The smallest absolute Gasteiger partial charge is 0.185 e. The van der Waals surface area contributed by atoms with Gasteiger partial charge in [-0.05, 0) is 12.8 Å². The number of aromatic amines is 1. The number of hydrogen-bond donors (Lipinski definition) is 3. The molecule has 5 heteroatoms. The third kappa shape index (κ3) is 8.80. The number of nitrogens with one attached hydrogen (secondary N) is 1. The van der Waals surface area contributed by atoms with E-state index in [1.165, 1.54) is 5.69 Å². The molecule has 0 aliphatic heterocycles. The normalized spacial score (nSPS) is 8.93. The zero-order chi connectivity index (χ0) is 11.5. The summed E-state index contributed by atoms with van der Waals surface area (Å²) in [5.41, 5.74) is 11.3. The fourth-order valence-corrected chi connectivity index (χ4v) is 0.844. The molecule has 1 rings (SSSR count). The monoisotopic (exact) mass is 211 g/mol. The van der Waals surface area contributed by atoms with Gasteiger partial charge in [0.05, 0.1) is 6.33 Å². The van der Waals surface area contributed by atoms with Gasteiger partial charge in [-0.1, -0.05) is 20.3 Å². The molecule has 0 saturated carbocycles. The maximum atomic E-state index is 5.06. The predicted molar refractivity (Wildman–Crippen MR) is 63.6 cm³/mol. The molecular weight excluding hydrogens is 190 g/mol. The molecule has 15 heavy (non-hydrogen) atoms. The lowest BCUT2D eigenvalue weighted by atomic mass is 10.3. The Hall–Kier alpha value is -1.52. The Morgan fingerprint density at radius 2 is 2.20 bits per heavy atom. The minimum absolute atomic E-state index is 0.193. The Bertz CT molecular complexity index is 249. The highest BCUT2D eigenvalue weighted by Crippen LogP contribution is 1.88. The van der Waals surface area contributed by atoms with Gasteiger partial charge >= 0.3 is 0 Å². The third-order valence-corrected chi connectivity index (χ3v) is 1.74. The minimum Gasteiger partial charge on any atom is -0.370 e. The first-order chi connectivity index (χ1) is 7.20. The molecule has 1 heterocycles. The molecule has 0 saturated heterocycles. The number of aryl methyl sites for hydroxylation is 1. The van der Waals surface area contributed by atoms with Crippen molar-refractivity contribution in [1.29, 1.82) is 0 Å². The van der Waals surface area contributed by atoms with Gasteiger partial charge in [0.1, 0.15) is 0 Å². The van der Waals surface area contributed by atoms with Crippen molar-refractivity contribution < 1.29 is 0 Å². The second-order valence-electron chi connectivity index (χ2n) is 3.09. The van der Waals surface area contributed by atoms with Gasteiger partial charge < -0.3 is 16.5 Å². The highest BCUT2D eigenvalue weighted by atomic mass is 15.0. The fourth-order valence-electron chi connectivity index (χ4n) is 0.844. The number of rotatable bonds is 4. The largest absolute Gasteiger partial charge is 0.370 e. The SMILES string of the molecule is CCCCN=C(N)N.CCc1cnc[nH]1. The first kappa shape index (κ1) is 13.5.